The fourth-order valence-electron chi connectivity index (χ4n) is 1.44. The van der Waals surface area contributed by atoms with Gasteiger partial charge < -0.3 is 5.73 Å². The quantitative estimate of drug-likeness (QED) is 0.439. The van der Waals surface area contributed by atoms with Crippen molar-refractivity contribution < 1.29 is 0 Å². The number of nitrogens with two attached hydrogens (primary N) is 1. The Morgan fingerprint density at radius 2 is 1.60 bits per heavy atom. The summed E-state index contributed by atoms with van der Waals surface area (Å²) < 4.78 is 0. The molecule has 0 saturated carbocycles. The Bertz CT molecular complexity index is 149. The highest BCUT2D eigenvalue weighted by Gasteiger charge is 1.93. The third kappa shape index (κ3) is 14.2. The Kier molecular flexibility index (Phi) is 12.5. The zero-order valence-corrected chi connectivity index (χ0v) is 11.6. The van der Waals surface area contributed by atoms with Gasteiger partial charge in [0.1, 0.15) is 0 Å². The smallest absolute Gasteiger partial charge is 0.0735 e. The molecule has 0 aliphatic rings. The molecule has 2 N–H and O–H groups in total. The first-order valence-corrected chi connectivity index (χ1v) is 7.69. The molecule has 0 rings (SSSR count). The molecule has 0 amide bonds. The average molecular weight is 247 g/mol. The Balaban J connectivity index is 2.89. The van der Waals surface area contributed by atoms with Gasteiger partial charge in [-0.15, -0.1) is 0 Å². The van der Waals surface area contributed by atoms with Crippen molar-refractivity contribution in [2.24, 2.45) is 5.73 Å². The predicted octanol–water partition coefficient (Wildman–Crippen LogP) is 4.15. The van der Waals surface area contributed by atoms with Gasteiger partial charge in [0, 0.05) is 6.42 Å². The first-order chi connectivity index (χ1) is 7.27. The molecule has 0 heterocycles. The zero-order chi connectivity index (χ0) is 11.4. The maximum Gasteiger partial charge on any atom is 0.0735 e. The molecule has 1 nitrogen and oxygen atoms in total. The lowest BCUT2D eigenvalue weighted by Crippen LogP contribution is -2.08. The Morgan fingerprint density at radius 3 is 2.20 bits per heavy atom. The highest BCUT2D eigenvalue weighted by atomic mass is 32.2. The van der Waals surface area contributed by atoms with E-state index in [0.717, 1.165) is 12.2 Å². The summed E-state index contributed by atoms with van der Waals surface area (Å²) in [5, 5.41) is 0. The van der Waals surface area contributed by atoms with Crippen LogP contribution in [-0.2, 0) is 0 Å². The fraction of sp³-hybridized carbons (Fsp3) is 0.917. The van der Waals surface area contributed by atoms with Gasteiger partial charge >= 0.3 is 0 Å². The van der Waals surface area contributed by atoms with E-state index in [1.54, 1.807) is 0 Å². The summed E-state index contributed by atoms with van der Waals surface area (Å²) in [7, 11) is 0. The minimum Gasteiger partial charge on any atom is -0.393 e. The summed E-state index contributed by atoms with van der Waals surface area (Å²) in [6, 6.07) is 0. The summed E-state index contributed by atoms with van der Waals surface area (Å²) in [6.45, 7) is 2.26. The van der Waals surface area contributed by atoms with Crippen LogP contribution in [0.25, 0.3) is 0 Å². The normalized spacial score (nSPS) is 10.5. The van der Waals surface area contributed by atoms with Crippen LogP contribution in [0.2, 0.25) is 0 Å². The lowest BCUT2D eigenvalue weighted by molar-refractivity contribution is 0.603. The number of rotatable bonds is 11. The number of thioether (sulfide) groups is 1. The van der Waals surface area contributed by atoms with Crippen LogP contribution in [0.5, 0.6) is 0 Å². The van der Waals surface area contributed by atoms with Crippen molar-refractivity contribution in [3.05, 3.63) is 0 Å². The molecule has 0 radical (unpaired) electrons. The Labute approximate surface area is 105 Å². The molecule has 0 aromatic heterocycles. The highest BCUT2D eigenvalue weighted by molar-refractivity contribution is 7.99. The van der Waals surface area contributed by atoms with Crippen molar-refractivity contribution in [3.8, 4) is 0 Å². The monoisotopic (exact) mass is 247 g/mol. The molecule has 0 aromatic rings. The van der Waals surface area contributed by atoms with Crippen LogP contribution in [0, 0.1) is 0 Å². The first kappa shape index (κ1) is 15.2. The molecule has 0 aromatic carbocycles. The molecule has 15 heavy (non-hydrogen) atoms. The van der Waals surface area contributed by atoms with Gasteiger partial charge in [-0.25, -0.2) is 0 Å². The maximum atomic E-state index is 5.42. The molecule has 0 atom stereocenters. The Hall–Kier alpha value is 0.240. The van der Waals surface area contributed by atoms with Gasteiger partial charge in [0.25, 0.3) is 0 Å². The van der Waals surface area contributed by atoms with Gasteiger partial charge in [-0.3, -0.25) is 0 Å². The van der Waals surface area contributed by atoms with E-state index in [-0.39, 0.29) is 0 Å². The molecule has 90 valence electrons. The van der Waals surface area contributed by atoms with E-state index in [4.69, 9.17) is 18.0 Å². The van der Waals surface area contributed by atoms with Crippen molar-refractivity contribution in [1.82, 2.24) is 0 Å². The number of unbranched alkanes of at least 4 members (excludes halogenated alkanes) is 6. The van der Waals surface area contributed by atoms with Gasteiger partial charge in [-0.1, -0.05) is 57.7 Å². The average Bonchev–Trinajstić information content (AvgIpc) is 2.20. The molecule has 3 heteroatoms. The molecular formula is C12H25NS2. The SMILES string of the molecule is CCCCCCCCCSCCC(N)=S. The van der Waals surface area contributed by atoms with Crippen LogP contribution in [0.4, 0.5) is 0 Å². The van der Waals surface area contributed by atoms with E-state index >= 15 is 0 Å². The first-order valence-electron chi connectivity index (χ1n) is 6.13. The second kappa shape index (κ2) is 12.3. The van der Waals surface area contributed by atoms with Crippen molar-refractivity contribution in [2.75, 3.05) is 11.5 Å². The number of thiocarbonyl (C=S) groups is 1. The third-order valence-electron chi connectivity index (χ3n) is 2.39. The van der Waals surface area contributed by atoms with E-state index in [1.165, 1.54) is 50.7 Å². The van der Waals surface area contributed by atoms with Crippen molar-refractivity contribution in [3.63, 3.8) is 0 Å². The van der Waals surface area contributed by atoms with Crippen molar-refractivity contribution in [1.29, 1.82) is 0 Å². The van der Waals surface area contributed by atoms with E-state index in [0.29, 0.717) is 4.99 Å². The molecule has 0 fully saturated rings. The molecular weight excluding hydrogens is 222 g/mol. The maximum absolute atomic E-state index is 5.42. The molecule has 0 aliphatic heterocycles. The molecule has 0 bridgehead atoms. The van der Waals surface area contributed by atoms with E-state index < -0.39 is 0 Å². The third-order valence-corrected chi connectivity index (χ3v) is 3.66. The molecule has 0 aliphatic carbocycles. The fourth-order valence-corrected chi connectivity index (χ4v) is 2.64. The lowest BCUT2D eigenvalue weighted by atomic mass is 10.1. The van der Waals surface area contributed by atoms with Gasteiger partial charge in [0.2, 0.25) is 0 Å². The summed E-state index contributed by atoms with van der Waals surface area (Å²) >= 11 is 6.80. The topological polar surface area (TPSA) is 26.0 Å². The predicted molar refractivity (Wildman–Crippen MR) is 76.7 cm³/mol. The van der Waals surface area contributed by atoms with Gasteiger partial charge in [0.15, 0.2) is 0 Å². The van der Waals surface area contributed by atoms with E-state index in [1.807, 2.05) is 11.8 Å². The van der Waals surface area contributed by atoms with Crippen LogP contribution in [0.3, 0.4) is 0 Å². The highest BCUT2D eigenvalue weighted by Crippen LogP contribution is 2.11. The van der Waals surface area contributed by atoms with Crippen molar-refractivity contribution >= 4 is 29.0 Å². The van der Waals surface area contributed by atoms with Crippen LogP contribution < -0.4 is 5.73 Å². The summed E-state index contributed by atoms with van der Waals surface area (Å²) in [5.74, 6) is 2.38. The summed E-state index contributed by atoms with van der Waals surface area (Å²) in [4.78, 5) is 0.655. The second-order valence-electron chi connectivity index (χ2n) is 3.95. The van der Waals surface area contributed by atoms with Crippen LogP contribution >= 0.6 is 24.0 Å². The zero-order valence-electron chi connectivity index (χ0n) is 9.96. The number of hydrogen-bond acceptors (Lipinski definition) is 2. The lowest BCUT2D eigenvalue weighted by Gasteiger charge is -2.01. The van der Waals surface area contributed by atoms with Gasteiger partial charge in [-0.2, -0.15) is 11.8 Å². The van der Waals surface area contributed by atoms with Crippen molar-refractivity contribution in [2.45, 2.75) is 58.3 Å². The van der Waals surface area contributed by atoms with E-state index in [2.05, 4.69) is 6.92 Å². The number of hydrogen-bond donors (Lipinski definition) is 1. The van der Waals surface area contributed by atoms with Gasteiger partial charge in [0.05, 0.1) is 4.99 Å². The van der Waals surface area contributed by atoms with Crippen LogP contribution in [0.15, 0.2) is 0 Å². The second-order valence-corrected chi connectivity index (χ2v) is 5.70. The minimum atomic E-state index is 0.655. The largest absolute Gasteiger partial charge is 0.393 e. The van der Waals surface area contributed by atoms with Crippen LogP contribution in [0.1, 0.15) is 58.3 Å². The van der Waals surface area contributed by atoms with E-state index in [9.17, 15) is 0 Å². The minimum absolute atomic E-state index is 0.655. The molecule has 0 unspecified atom stereocenters. The molecule has 0 saturated heterocycles. The standard InChI is InChI=1S/C12H25NS2/c1-2-3-4-5-6-7-8-10-15-11-9-12(13)14/h2-11H2,1H3,(H2,13,14). The summed E-state index contributed by atoms with van der Waals surface area (Å²) in [6.07, 6.45) is 10.7. The summed E-state index contributed by atoms with van der Waals surface area (Å²) in [5.41, 5.74) is 5.42. The Morgan fingerprint density at radius 1 is 1.00 bits per heavy atom. The van der Waals surface area contributed by atoms with Crippen LogP contribution in [-0.4, -0.2) is 16.5 Å². The molecule has 0 spiro atoms. The van der Waals surface area contributed by atoms with Gasteiger partial charge in [-0.05, 0) is 17.9 Å².